The summed E-state index contributed by atoms with van der Waals surface area (Å²) in [6.45, 7) is 1.11. The Morgan fingerprint density at radius 2 is 1.68 bits per heavy atom. The van der Waals surface area contributed by atoms with Crippen LogP contribution in [0.1, 0.15) is 15.9 Å². The molecule has 0 aliphatic carbocycles. The second-order valence-electron chi connectivity index (χ2n) is 5.19. The van der Waals surface area contributed by atoms with Crippen LogP contribution in [0.4, 0.5) is 10.1 Å². The number of hydrogen-bond acceptors (Lipinski definition) is 5. The zero-order valence-electron chi connectivity index (χ0n) is 14.1. The van der Waals surface area contributed by atoms with Gasteiger partial charge in [-0.1, -0.05) is 6.07 Å². The summed E-state index contributed by atoms with van der Waals surface area (Å²) in [5, 5.41) is 2.46. The maximum absolute atomic E-state index is 13.4. The van der Waals surface area contributed by atoms with E-state index < -0.39 is 24.3 Å². The molecule has 0 aliphatic rings. The highest BCUT2D eigenvalue weighted by atomic mass is 19.1. The van der Waals surface area contributed by atoms with Gasteiger partial charge in [0.1, 0.15) is 17.3 Å². The number of esters is 1. The summed E-state index contributed by atoms with van der Waals surface area (Å²) >= 11 is 0. The zero-order valence-corrected chi connectivity index (χ0v) is 14.1. The Kier molecular flexibility index (Phi) is 5.94. The number of benzene rings is 2. The van der Waals surface area contributed by atoms with Gasteiger partial charge in [-0.15, -0.1) is 0 Å². The van der Waals surface area contributed by atoms with Crippen LogP contribution in [0.15, 0.2) is 36.4 Å². The maximum Gasteiger partial charge on any atom is 0.338 e. The van der Waals surface area contributed by atoms with Crippen LogP contribution in [-0.2, 0) is 9.53 Å². The van der Waals surface area contributed by atoms with Crippen molar-refractivity contribution in [1.29, 1.82) is 0 Å². The van der Waals surface area contributed by atoms with Gasteiger partial charge >= 0.3 is 5.97 Å². The van der Waals surface area contributed by atoms with E-state index in [4.69, 9.17) is 14.2 Å². The number of ether oxygens (including phenoxy) is 3. The van der Waals surface area contributed by atoms with Gasteiger partial charge in [-0.3, -0.25) is 4.79 Å². The minimum absolute atomic E-state index is 0.186. The largest absolute Gasteiger partial charge is 0.497 e. The number of halogens is 1. The molecule has 2 rings (SSSR count). The Hall–Kier alpha value is -3.09. The summed E-state index contributed by atoms with van der Waals surface area (Å²) in [6.07, 6.45) is 0. The second-order valence-corrected chi connectivity index (χ2v) is 5.19. The highest BCUT2D eigenvalue weighted by Crippen LogP contribution is 2.23. The molecule has 2 aromatic carbocycles. The van der Waals surface area contributed by atoms with Gasteiger partial charge in [0.2, 0.25) is 0 Å². The number of aryl methyl sites for hydroxylation is 1. The molecule has 0 spiro atoms. The first-order valence-electron chi connectivity index (χ1n) is 7.39. The molecular weight excluding hydrogens is 329 g/mol. The predicted molar refractivity (Wildman–Crippen MR) is 89.6 cm³/mol. The van der Waals surface area contributed by atoms with Crippen molar-refractivity contribution in [3.8, 4) is 11.5 Å². The number of nitrogens with one attached hydrogen (secondary N) is 1. The van der Waals surface area contributed by atoms with Gasteiger partial charge in [-0.25, -0.2) is 9.18 Å². The van der Waals surface area contributed by atoms with Gasteiger partial charge < -0.3 is 19.5 Å². The van der Waals surface area contributed by atoms with Gasteiger partial charge in [0, 0.05) is 11.8 Å². The Labute approximate surface area is 144 Å². The lowest BCUT2D eigenvalue weighted by Gasteiger charge is -2.09. The molecule has 0 aliphatic heterocycles. The van der Waals surface area contributed by atoms with Crippen LogP contribution >= 0.6 is 0 Å². The number of carbonyl (C=O) groups is 2. The van der Waals surface area contributed by atoms with E-state index in [9.17, 15) is 14.0 Å². The summed E-state index contributed by atoms with van der Waals surface area (Å²) in [5.41, 5.74) is 0.939. The molecule has 0 bridgehead atoms. The van der Waals surface area contributed by atoms with Crippen molar-refractivity contribution in [1.82, 2.24) is 0 Å². The summed E-state index contributed by atoms with van der Waals surface area (Å²) in [7, 11) is 2.91. The van der Waals surface area contributed by atoms with E-state index in [1.807, 2.05) is 0 Å². The molecule has 1 amide bonds. The number of carbonyl (C=O) groups excluding carboxylic acids is 2. The minimum atomic E-state index is -0.706. The summed E-state index contributed by atoms with van der Waals surface area (Å²) < 4.78 is 28.5. The molecule has 0 fully saturated rings. The first kappa shape index (κ1) is 18.3. The van der Waals surface area contributed by atoms with Crippen molar-refractivity contribution in [2.45, 2.75) is 6.92 Å². The second kappa shape index (κ2) is 8.14. The SMILES string of the molecule is COc1cc(OC)cc(C(=O)OCC(=O)Nc2ccc(C)c(F)c2)c1. The Morgan fingerprint density at radius 1 is 1.04 bits per heavy atom. The van der Waals surface area contributed by atoms with Gasteiger partial charge in [0.05, 0.1) is 19.8 Å². The van der Waals surface area contributed by atoms with E-state index in [-0.39, 0.29) is 11.3 Å². The van der Waals surface area contributed by atoms with Gasteiger partial charge in [0.15, 0.2) is 6.61 Å². The number of anilines is 1. The lowest BCUT2D eigenvalue weighted by atomic mass is 10.2. The molecule has 132 valence electrons. The van der Waals surface area contributed by atoms with Crippen LogP contribution in [0.5, 0.6) is 11.5 Å². The Bertz CT molecular complexity index is 769. The zero-order chi connectivity index (χ0) is 18.4. The average Bonchev–Trinajstić information content (AvgIpc) is 2.62. The number of amides is 1. The van der Waals surface area contributed by atoms with E-state index >= 15 is 0 Å². The molecule has 0 saturated carbocycles. The van der Waals surface area contributed by atoms with Crippen LogP contribution in [0, 0.1) is 12.7 Å². The fourth-order valence-electron chi connectivity index (χ4n) is 2.01. The Balaban J connectivity index is 1.97. The van der Waals surface area contributed by atoms with Gasteiger partial charge in [-0.05, 0) is 36.8 Å². The molecule has 0 saturated heterocycles. The van der Waals surface area contributed by atoms with Crippen LogP contribution in [0.3, 0.4) is 0 Å². The quantitative estimate of drug-likeness (QED) is 0.813. The maximum atomic E-state index is 13.4. The molecule has 7 heteroatoms. The summed E-state index contributed by atoms with van der Waals surface area (Å²) in [4.78, 5) is 23.9. The van der Waals surface area contributed by atoms with E-state index in [1.54, 1.807) is 25.1 Å². The monoisotopic (exact) mass is 347 g/mol. The normalized spacial score (nSPS) is 10.1. The Morgan fingerprint density at radius 3 is 2.24 bits per heavy atom. The van der Waals surface area contributed by atoms with E-state index in [2.05, 4.69) is 5.32 Å². The van der Waals surface area contributed by atoms with E-state index in [1.165, 1.54) is 32.4 Å². The third-order valence-electron chi connectivity index (χ3n) is 3.38. The molecule has 0 atom stereocenters. The molecule has 0 aromatic heterocycles. The molecule has 0 radical (unpaired) electrons. The van der Waals surface area contributed by atoms with Gasteiger partial charge in [0.25, 0.3) is 5.91 Å². The van der Waals surface area contributed by atoms with Gasteiger partial charge in [-0.2, -0.15) is 0 Å². The summed E-state index contributed by atoms with van der Waals surface area (Å²) in [6, 6.07) is 8.85. The van der Waals surface area contributed by atoms with Crippen molar-refractivity contribution in [2.75, 3.05) is 26.1 Å². The van der Waals surface area contributed by atoms with Crippen molar-refractivity contribution in [3.05, 3.63) is 53.3 Å². The molecular formula is C18H18FNO5. The molecule has 25 heavy (non-hydrogen) atoms. The third-order valence-corrected chi connectivity index (χ3v) is 3.38. The smallest absolute Gasteiger partial charge is 0.338 e. The standard InChI is InChI=1S/C18H18FNO5/c1-11-4-5-13(8-16(11)19)20-17(21)10-25-18(22)12-6-14(23-2)9-15(7-12)24-3/h4-9H,10H2,1-3H3,(H,20,21). The molecule has 2 aromatic rings. The molecule has 0 unspecified atom stereocenters. The first-order valence-corrected chi connectivity index (χ1v) is 7.39. The van der Waals surface area contributed by atoms with Crippen LogP contribution in [0.25, 0.3) is 0 Å². The lowest BCUT2D eigenvalue weighted by Crippen LogP contribution is -2.21. The fraction of sp³-hybridized carbons (Fsp3) is 0.222. The highest BCUT2D eigenvalue weighted by molar-refractivity contribution is 5.95. The van der Waals surface area contributed by atoms with Crippen LogP contribution in [-0.4, -0.2) is 32.7 Å². The van der Waals surface area contributed by atoms with Crippen LogP contribution < -0.4 is 14.8 Å². The first-order chi connectivity index (χ1) is 11.9. The van der Waals surface area contributed by atoms with Crippen molar-refractivity contribution < 1.29 is 28.2 Å². The van der Waals surface area contributed by atoms with E-state index in [0.717, 1.165) is 0 Å². The average molecular weight is 347 g/mol. The third kappa shape index (κ3) is 4.94. The molecule has 1 N–H and O–H groups in total. The molecule has 6 nitrogen and oxygen atoms in total. The van der Waals surface area contributed by atoms with Crippen molar-refractivity contribution >= 4 is 17.6 Å². The topological polar surface area (TPSA) is 73.9 Å². The predicted octanol–water partition coefficient (Wildman–Crippen LogP) is 2.95. The van der Waals surface area contributed by atoms with Crippen molar-refractivity contribution in [2.24, 2.45) is 0 Å². The number of hydrogen-bond donors (Lipinski definition) is 1. The summed E-state index contributed by atoms with van der Waals surface area (Å²) in [5.74, 6) is -0.871. The van der Waals surface area contributed by atoms with Crippen molar-refractivity contribution in [3.63, 3.8) is 0 Å². The lowest BCUT2D eigenvalue weighted by molar-refractivity contribution is -0.119. The number of rotatable bonds is 6. The van der Waals surface area contributed by atoms with E-state index in [0.29, 0.717) is 17.1 Å². The number of methoxy groups -OCH3 is 2. The highest BCUT2D eigenvalue weighted by Gasteiger charge is 2.13. The minimum Gasteiger partial charge on any atom is -0.497 e. The van der Waals surface area contributed by atoms with Crippen LogP contribution in [0.2, 0.25) is 0 Å². The fourth-order valence-corrected chi connectivity index (χ4v) is 2.01. The molecule has 0 heterocycles.